The van der Waals surface area contributed by atoms with E-state index in [-0.39, 0.29) is 5.82 Å². The van der Waals surface area contributed by atoms with E-state index in [0.29, 0.717) is 12.1 Å². The van der Waals surface area contributed by atoms with E-state index in [9.17, 15) is 4.39 Å². The van der Waals surface area contributed by atoms with Gasteiger partial charge in [-0.25, -0.2) is 4.39 Å². The highest BCUT2D eigenvalue weighted by molar-refractivity contribution is 5.71. The van der Waals surface area contributed by atoms with E-state index in [1.165, 1.54) is 0 Å². The van der Waals surface area contributed by atoms with Gasteiger partial charge in [0.2, 0.25) is 0 Å². The van der Waals surface area contributed by atoms with Crippen LogP contribution >= 0.6 is 0 Å². The van der Waals surface area contributed by atoms with Crippen LogP contribution in [0.3, 0.4) is 0 Å². The first-order valence-electron chi connectivity index (χ1n) is 6.30. The lowest BCUT2D eigenvalue weighted by molar-refractivity contribution is 0.631. The number of benzene rings is 2. The van der Waals surface area contributed by atoms with Gasteiger partial charge in [-0.3, -0.25) is 0 Å². The Morgan fingerprint density at radius 2 is 1.84 bits per heavy atom. The monoisotopic (exact) mass is 258 g/mol. The number of anilines is 1. The highest BCUT2D eigenvalue weighted by Crippen LogP contribution is 2.30. The molecular weight excluding hydrogens is 239 g/mol. The molecule has 19 heavy (non-hydrogen) atoms. The Balaban J connectivity index is 2.54. The molecule has 0 aliphatic heterocycles. The van der Waals surface area contributed by atoms with Crippen molar-refractivity contribution in [2.45, 2.75) is 13.5 Å². The summed E-state index contributed by atoms with van der Waals surface area (Å²) in [6, 6.07) is 11.1. The van der Waals surface area contributed by atoms with Crippen molar-refractivity contribution in [1.29, 1.82) is 0 Å². The van der Waals surface area contributed by atoms with Gasteiger partial charge in [0.15, 0.2) is 0 Å². The lowest BCUT2D eigenvalue weighted by Gasteiger charge is -2.15. The van der Waals surface area contributed by atoms with Crippen molar-refractivity contribution >= 4 is 5.69 Å². The van der Waals surface area contributed by atoms with E-state index in [0.717, 1.165) is 22.4 Å². The van der Waals surface area contributed by atoms with Crippen LogP contribution in [0.15, 0.2) is 36.4 Å². The van der Waals surface area contributed by atoms with Crippen molar-refractivity contribution < 1.29 is 4.39 Å². The predicted octanol–water partition coefficient (Wildman–Crippen LogP) is 3.33. The predicted molar refractivity (Wildman–Crippen MR) is 78.8 cm³/mol. The molecule has 2 rings (SSSR count). The summed E-state index contributed by atoms with van der Waals surface area (Å²) in [5.41, 5.74) is 10.2. The smallest absolute Gasteiger partial charge is 0.133 e. The van der Waals surface area contributed by atoms with Gasteiger partial charge in [0.25, 0.3) is 0 Å². The van der Waals surface area contributed by atoms with E-state index < -0.39 is 0 Å². The molecule has 0 spiro atoms. The molecule has 2 N–H and O–H groups in total. The minimum absolute atomic E-state index is 0.205. The second kappa shape index (κ2) is 5.41. The molecule has 0 saturated heterocycles. The standard InChI is InChI=1S/C16H19FN2/c1-11-12(10-18)5-4-6-14(11)15-8-7-13(19(2)3)9-16(15)17/h4-9H,10,18H2,1-3H3. The highest BCUT2D eigenvalue weighted by atomic mass is 19.1. The Bertz CT molecular complexity index is 591. The van der Waals surface area contributed by atoms with E-state index in [1.807, 2.05) is 56.3 Å². The second-order valence-corrected chi connectivity index (χ2v) is 4.85. The molecular formula is C16H19FN2. The molecule has 0 amide bonds. The van der Waals surface area contributed by atoms with E-state index in [1.54, 1.807) is 6.07 Å². The number of rotatable bonds is 3. The Hall–Kier alpha value is -1.87. The average Bonchev–Trinajstić information content (AvgIpc) is 2.39. The SMILES string of the molecule is Cc1c(CN)cccc1-c1ccc(N(C)C)cc1F. The molecule has 0 bridgehead atoms. The zero-order chi connectivity index (χ0) is 14.0. The fraction of sp³-hybridized carbons (Fsp3) is 0.250. The van der Waals surface area contributed by atoms with Crippen molar-refractivity contribution in [3.05, 3.63) is 53.3 Å². The maximum Gasteiger partial charge on any atom is 0.133 e. The third-order valence-corrected chi connectivity index (χ3v) is 3.43. The molecule has 0 heterocycles. The van der Waals surface area contributed by atoms with E-state index >= 15 is 0 Å². The topological polar surface area (TPSA) is 29.3 Å². The van der Waals surface area contributed by atoms with Gasteiger partial charge >= 0.3 is 0 Å². The van der Waals surface area contributed by atoms with Crippen LogP contribution in [0.5, 0.6) is 0 Å². The number of hydrogen-bond acceptors (Lipinski definition) is 2. The molecule has 2 nitrogen and oxygen atoms in total. The lowest BCUT2D eigenvalue weighted by atomic mass is 9.96. The van der Waals surface area contributed by atoms with Gasteiger partial charge in [-0.1, -0.05) is 18.2 Å². The van der Waals surface area contributed by atoms with Gasteiger partial charge in [0.05, 0.1) is 0 Å². The Morgan fingerprint density at radius 3 is 2.42 bits per heavy atom. The molecule has 3 heteroatoms. The normalized spacial score (nSPS) is 10.6. The number of nitrogens with zero attached hydrogens (tertiary/aromatic N) is 1. The van der Waals surface area contributed by atoms with Gasteiger partial charge in [-0.2, -0.15) is 0 Å². The van der Waals surface area contributed by atoms with Crippen LogP contribution in [0, 0.1) is 12.7 Å². The van der Waals surface area contributed by atoms with Crippen molar-refractivity contribution in [1.82, 2.24) is 0 Å². The first kappa shape index (κ1) is 13.6. The van der Waals surface area contributed by atoms with Crippen LogP contribution in [0.1, 0.15) is 11.1 Å². The first-order chi connectivity index (χ1) is 9.04. The summed E-state index contributed by atoms with van der Waals surface area (Å²) in [5.74, 6) is -0.205. The molecule has 2 aromatic carbocycles. The third kappa shape index (κ3) is 2.61. The van der Waals surface area contributed by atoms with Crippen molar-refractivity contribution in [2.24, 2.45) is 5.73 Å². The van der Waals surface area contributed by atoms with Gasteiger partial charge in [0, 0.05) is 31.9 Å². The number of halogens is 1. The molecule has 0 saturated carbocycles. The second-order valence-electron chi connectivity index (χ2n) is 4.85. The quantitative estimate of drug-likeness (QED) is 0.915. The minimum Gasteiger partial charge on any atom is -0.378 e. The van der Waals surface area contributed by atoms with E-state index in [4.69, 9.17) is 5.73 Å². The zero-order valence-electron chi connectivity index (χ0n) is 11.6. The van der Waals surface area contributed by atoms with Crippen LogP contribution in [0.4, 0.5) is 10.1 Å². The summed E-state index contributed by atoms with van der Waals surface area (Å²) in [4.78, 5) is 1.88. The third-order valence-electron chi connectivity index (χ3n) is 3.43. The fourth-order valence-electron chi connectivity index (χ4n) is 2.20. The van der Waals surface area contributed by atoms with Crippen LogP contribution < -0.4 is 10.6 Å². The lowest BCUT2D eigenvalue weighted by Crippen LogP contribution is -2.09. The maximum absolute atomic E-state index is 14.3. The van der Waals surface area contributed by atoms with Crippen molar-refractivity contribution in [3.63, 3.8) is 0 Å². The van der Waals surface area contributed by atoms with E-state index in [2.05, 4.69) is 0 Å². The summed E-state index contributed by atoms with van der Waals surface area (Å²) in [6.07, 6.45) is 0. The number of nitrogens with two attached hydrogens (primary N) is 1. The molecule has 0 fully saturated rings. The first-order valence-corrected chi connectivity index (χ1v) is 6.30. The summed E-state index contributed by atoms with van der Waals surface area (Å²) >= 11 is 0. The molecule has 0 atom stereocenters. The molecule has 0 aliphatic carbocycles. The zero-order valence-corrected chi connectivity index (χ0v) is 11.6. The summed E-state index contributed by atoms with van der Waals surface area (Å²) in [7, 11) is 3.80. The fourth-order valence-corrected chi connectivity index (χ4v) is 2.20. The maximum atomic E-state index is 14.3. The van der Waals surface area contributed by atoms with Crippen molar-refractivity contribution in [3.8, 4) is 11.1 Å². The molecule has 0 radical (unpaired) electrons. The molecule has 0 unspecified atom stereocenters. The van der Waals surface area contributed by atoms with Crippen LogP contribution in [0.2, 0.25) is 0 Å². The van der Waals surface area contributed by atoms with Crippen molar-refractivity contribution in [2.75, 3.05) is 19.0 Å². The molecule has 0 aromatic heterocycles. The highest BCUT2D eigenvalue weighted by Gasteiger charge is 2.11. The van der Waals surface area contributed by atoms with Gasteiger partial charge in [-0.05, 0) is 41.8 Å². The molecule has 2 aromatic rings. The van der Waals surface area contributed by atoms with Gasteiger partial charge in [0.1, 0.15) is 5.82 Å². The molecule has 0 aliphatic rings. The average molecular weight is 258 g/mol. The van der Waals surface area contributed by atoms with Crippen LogP contribution in [-0.2, 0) is 6.54 Å². The summed E-state index contributed by atoms with van der Waals surface area (Å²) in [5, 5.41) is 0. The Labute approximate surface area is 113 Å². The Morgan fingerprint density at radius 1 is 1.11 bits per heavy atom. The minimum atomic E-state index is -0.205. The number of hydrogen-bond donors (Lipinski definition) is 1. The van der Waals surface area contributed by atoms with Crippen LogP contribution in [-0.4, -0.2) is 14.1 Å². The largest absolute Gasteiger partial charge is 0.378 e. The summed E-state index contributed by atoms with van der Waals surface area (Å²) < 4.78 is 14.3. The van der Waals surface area contributed by atoms with Gasteiger partial charge in [-0.15, -0.1) is 0 Å². The summed E-state index contributed by atoms with van der Waals surface area (Å²) in [6.45, 7) is 2.45. The van der Waals surface area contributed by atoms with Gasteiger partial charge < -0.3 is 10.6 Å². The van der Waals surface area contributed by atoms with Crippen LogP contribution in [0.25, 0.3) is 11.1 Å². The Kier molecular flexibility index (Phi) is 3.86. The molecule has 100 valence electrons.